The topological polar surface area (TPSA) is 99.2 Å². The number of likely N-dealkylation sites (N-methyl/N-ethyl adjacent to an activating group) is 1. The van der Waals surface area contributed by atoms with Crippen molar-refractivity contribution in [2.75, 3.05) is 32.5 Å². The molecule has 0 spiro atoms. The number of aliphatic imine (C=N–C) groups is 1. The van der Waals surface area contributed by atoms with E-state index in [4.69, 9.17) is 9.98 Å². The predicted octanol–water partition coefficient (Wildman–Crippen LogP) is 5.36. The molecule has 9 heteroatoms. The van der Waals surface area contributed by atoms with Gasteiger partial charge in [0.05, 0.1) is 47.2 Å². The fraction of sp³-hybridized carbons (Fsp3) is 0.219. The van der Waals surface area contributed by atoms with Crippen LogP contribution in [0.3, 0.4) is 0 Å². The van der Waals surface area contributed by atoms with Gasteiger partial charge in [0.25, 0.3) is 0 Å². The Balaban J connectivity index is 1.40. The summed E-state index contributed by atoms with van der Waals surface area (Å²) in [6, 6.07) is 12.5. The van der Waals surface area contributed by atoms with Crippen LogP contribution in [0.15, 0.2) is 78.4 Å². The Bertz CT molecular complexity index is 1790. The number of carbonyl (C=O) groups is 1. The molecule has 1 amide bonds. The standard InChI is InChI=1S/C32H30FN7O/c1-19-7-21-14-36-28(22-9-24(15-34-13-22)38-31(41)18-40(2)3)10-25(21)32(37-12-19)29-11-26-27(16-35-17-30(26)39-29)20-5-4-6-23(33)8-20/h4-6,8-11,13-17,19,39H,7,12,18H2,1-3H3,(H,38,41). The van der Waals surface area contributed by atoms with Crippen LogP contribution in [0.5, 0.6) is 0 Å². The first-order valence-electron chi connectivity index (χ1n) is 13.5. The van der Waals surface area contributed by atoms with E-state index in [9.17, 15) is 9.18 Å². The molecule has 0 radical (unpaired) electrons. The Morgan fingerprint density at radius 3 is 2.71 bits per heavy atom. The van der Waals surface area contributed by atoms with Crippen molar-refractivity contribution in [3.63, 3.8) is 0 Å². The molecule has 0 saturated carbocycles. The SMILES string of the molecule is CC1CN=C(c2cc3c(-c4cccc(F)c4)cncc3[nH]2)c2cc(-c3cncc(NC(=O)CN(C)C)c3)ncc2C1. The smallest absolute Gasteiger partial charge is 0.238 e. The summed E-state index contributed by atoms with van der Waals surface area (Å²) in [4.78, 5) is 36.2. The zero-order valence-electron chi connectivity index (χ0n) is 23.1. The molecule has 8 nitrogen and oxygen atoms in total. The first-order valence-corrected chi connectivity index (χ1v) is 13.5. The van der Waals surface area contributed by atoms with Crippen LogP contribution in [-0.2, 0) is 11.2 Å². The van der Waals surface area contributed by atoms with Crippen LogP contribution in [0.4, 0.5) is 10.1 Å². The molecule has 0 fully saturated rings. The average Bonchev–Trinajstić information content (AvgIpc) is 3.30. The summed E-state index contributed by atoms with van der Waals surface area (Å²) in [5.74, 6) is -0.0509. The highest BCUT2D eigenvalue weighted by atomic mass is 19.1. The van der Waals surface area contributed by atoms with Gasteiger partial charge in [-0.05, 0) is 67.9 Å². The van der Waals surface area contributed by atoms with Crippen LogP contribution in [0.1, 0.15) is 23.7 Å². The first kappa shape index (κ1) is 26.5. The van der Waals surface area contributed by atoms with Gasteiger partial charge in [-0.1, -0.05) is 19.1 Å². The zero-order chi connectivity index (χ0) is 28.5. The molecule has 1 unspecified atom stereocenters. The van der Waals surface area contributed by atoms with Crippen molar-refractivity contribution >= 4 is 28.2 Å². The molecule has 1 aliphatic heterocycles. The molecule has 2 N–H and O–H groups in total. The van der Waals surface area contributed by atoms with Crippen molar-refractivity contribution < 1.29 is 9.18 Å². The van der Waals surface area contributed by atoms with Gasteiger partial charge in [-0.15, -0.1) is 0 Å². The van der Waals surface area contributed by atoms with Gasteiger partial charge in [0.15, 0.2) is 0 Å². The highest BCUT2D eigenvalue weighted by Crippen LogP contribution is 2.32. The number of aromatic amines is 1. The van der Waals surface area contributed by atoms with E-state index in [-0.39, 0.29) is 18.3 Å². The van der Waals surface area contributed by atoms with E-state index < -0.39 is 0 Å². The van der Waals surface area contributed by atoms with E-state index in [0.717, 1.165) is 62.2 Å². The molecule has 6 rings (SSSR count). The molecule has 206 valence electrons. The largest absolute Gasteiger partial charge is 0.352 e. The fourth-order valence-corrected chi connectivity index (χ4v) is 5.23. The Hall–Kier alpha value is -4.76. The van der Waals surface area contributed by atoms with Crippen LogP contribution in [0.25, 0.3) is 33.3 Å². The molecule has 5 aromatic rings. The maximum absolute atomic E-state index is 14.0. The molecule has 1 atom stereocenters. The average molecular weight is 548 g/mol. The summed E-state index contributed by atoms with van der Waals surface area (Å²) in [5.41, 5.74) is 8.42. The number of nitrogens with one attached hydrogen (secondary N) is 2. The van der Waals surface area contributed by atoms with Gasteiger partial charge in [0.2, 0.25) is 5.91 Å². The van der Waals surface area contributed by atoms with Crippen LogP contribution >= 0.6 is 0 Å². The Kier molecular flexibility index (Phi) is 7.11. The molecule has 41 heavy (non-hydrogen) atoms. The number of benzene rings is 1. The number of amides is 1. The minimum atomic E-state index is -0.290. The normalized spacial score (nSPS) is 15.0. The van der Waals surface area contributed by atoms with E-state index in [1.54, 1.807) is 30.9 Å². The van der Waals surface area contributed by atoms with Crippen LogP contribution in [0.2, 0.25) is 0 Å². The minimum absolute atomic E-state index is 0.113. The summed E-state index contributed by atoms with van der Waals surface area (Å²) < 4.78 is 14.0. The number of halogens is 1. The van der Waals surface area contributed by atoms with E-state index in [1.165, 1.54) is 12.1 Å². The van der Waals surface area contributed by atoms with E-state index in [2.05, 4.69) is 33.3 Å². The lowest BCUT2D eigenvalue weighted by Gasteiger charge is -2.13. The van der Waals surface area contributed by atoms with Crippen molar-refractivity contribution in [2.24, 2.45) is 10.9 Å². The number of pyridine rings is 3. The third-order valence-electron chi connectivity index (χ3n) is 7.09. The molecule has 1 aliphatic rings. The number of H-pyrrole nitrogens is 1. The first-order chi connectivity index (χ1) is 19.8. The second kappa shape index (κ2) is 11.0. The van der Waals surface area contributed by atoms with Gasteiger partial charge in [-0.25, -0.2) is 4.39 Å². The number of nitrogens with zero attached hydrogens (tertiary/aromatic N) is 5. The maximum Gasteiger partial charge on any atom is 0.238 e. The lowest BCUT2D eigenvalue weighted by atomic mass is 9.95. The molecule has 0 aliphatic carbocycles. The fourth-order valence-electron chi connectivity index (χ4n) is 5.23. The number of hydrogen-bond acceptors (Lipinski definition) is 6. The van der Waals surface area contributed by atoms with Crippen molar-refractivity contribution in [2.45, 2.75) is 13.3 Å². The van der Waals surface area contributed by atoms with E-state index in [1.807, 2.05) is 43.4 Å². The molecule has 4 aromatic heterocycles. The lowest BCUT2D eigenvalue weighted by molar-refractivity contribution is -0.116. The van der Waals surface area contributed by atoms with Gasteiger partial charge < -0.3 is 15.2 Å². The number of anilines is 1. The summed E-state index contributed by atoms with van der Waals surface area (Å²) in [6.45, 7) is 3.14. The highest BCUT2D eigenvalue weighted by molar-refractivity contribution is 6.16. The highest BCUT2D eigenvalue weighted by Gasteiger charge is 2.22. The van der Waals surface area contributed by atoms with Gasteiger partial charge in [-0.3, -0.25) is 24.7 Å². The van der Waals surface area contributed by atoms with Crippen LogP contribution in [-0.4, -0.2) is 63.6 Å². The summed E-state index contributed by atoms with van der Waals surface area (Å²) in [5, 5.41) is 3.85. The summed E-state index contributed by atoms with van der Waals surface area (Å²) in [6.07, 6.45) is 9.68. The van der Waals surface area contributed by atoms with Crippen molar-refractivity contribution in [3.05, 3.63) is 96.1 Å². The van der Waals surface area contributed by atoms with Gasteiger partial charge in [0.1, 0.15) is 5.82 Å². The molecule has 0 saturated heterocycles. The number of carbonyl (C=O) groups excluding carboxylic acids is 1. The van der Waals surface area contributed by atoms with E-state index in [0.29, 0.717) is 18.2 Å². The number of rotatable bonds is 6. The number of hydrogen-bond donors (Lipinski definition) is 2. The number of fused-ring (bicyclic) bond motifs is 2. The van der Waals surface area contributed by atoms with Crippen molar-refractivity contribution in [1.82, 2.24) is 24.8 Å². The van der Waals surface area contributed by atoms with Gasteiger partial charge >= 0.3 is 0 Å². The summed E-state index contributed by atoms with van der Waals surface area (Å²) in [7, 11) is 3.69. The van der Waals surface area contributed by atoms with Gasteiger partial charge in [-0.2, -0.15) is 0 Å². The zero-order valence-corrected chi connectivity index (χ0v) is 23.1. The molecule has 1 aromatic carbocycles. The second-order valence-corrected chi connectivity index (χ2v) is 10.8. The minimum Gasteiger partial charge on any atom is -0.352 e. The molecular weight excluding hydrogens is 517 g/mol. The third kappa shape index (κ3) is 5.62. The predicted molar refractivity (Wildman–Crippen MR) is 160 cm³/mol. The van der Waals surface area contributed by atoms with Gasteiger partial charge in [0, 0.05) is 47.2 Å². The monoisotopic (exact) mass is 547 g/mol. The van der Waals surface area contributed by atoms with Crippen LogP contribution in [0, 0.1) is 11.7 Å². The Morgan fingerprint density at radius 2 is 1.88 bits per heavy atom. The molecule has 0 bridgehead atoms. The van der Waals surface area contributed by atoms with E-state index >= 15 is 0 Å². The Labute approximate surface area is 237 Å². The van der Waals surface area contributed by atoms with Crippen molar-refractivity contribution in [3.8, 4) is 22.4 Å². The Morgan fingerprint density at radius 1 is 1.02 bits per heavy atom. The quantitative estimate of drug-likeness (QED) is 0.298. The number of aromatic nitrogens is 4. The van der Waals surface area contributed by atoms with Crippen molar-refractivity contribution in [1.29, 1.82) is 0 Å². The second-order valence-electron chi connectivity index (χ2n) is 10.8. The summed E-state index contributed by atoms with van der Waals surface area (Å²) >= 11 is 0. The van der Waals surface area contributed by atoms with Crippen LogP contribution < -0.4 is 5.32 Å². The lowest BCUT2D eigenvalue weighted by Crippen LogP contribution is -2.27. The molecular formula is C32H30FN7O. The third-order valence-corrected chi connectivity index (χ3v) is 7.09. The molecule has 5 heterocycles. The maximum atomic E-state index is 14.0.